The standard InChI is InChI=1S/2C9H13.Hf/c2*1-4-9-5-7(2)8(3)6-9;/h2*5-6H,4H2,1-3H3;. The van der Waals surface area contributed by atoms with Crippen LogP contribution in [0.1, 0.15) is 54.4 Å². The molecule has 0 aromatic carbocycles. The average Bonchev–Trinajstić information content (AvgIpc) is 2.78. The van der Waals surface area contributed by atoms with Gasteiger partial charge in [-0.25, -0.2) is 0 Å². The third-order valence-corrected chi connectivity index (χ3v) is 12.3. The van der Waals surface area contributed by atoms with Gasteiger partial charge in [0.05, 0.1) is 0 Å². The molecule has 0 fully saturated rings. The Morgan fingerprint density at radius 1 is 0.842 bits per heavy atom. The van der Waals surface area contributed by atoms with Crippen LogP contribution in [-0.2, 0) is 22.9 Å². The fourth-order valence-corrected chi connectivity index (χ4v) is 10.8. The van der Waals surface area contributed by atoms with Gasteiger partial charge in [0, 0.05) is 0 Å². The molecule has 0 aliphatic heterocycles. The maximum absolute atomic E-state index is 2.59. The molecule has 0 amide bonds. The van der Waals surface area contributed by atoms with Crippen LogP contribution in [0.3, 0.4) is 0 Å². The Bertz CT molecular complexity index is 458. The van der Waals surface area contributed by atoms with Crippen molar-refractivity contribution < 1.29 is 22.9 Å². The molecule has 102 valence electrons. The van der Waals surface area contributed by atoms with E-state index in [1.54, 1.807) is 22.3 Å². The zero-order chi connectivity index (χ0) is 14.3. The van der Waals surface area contributed by atoms with Crippen LogP contribution in [0.5, 0.6) is 0 Å². The summed E-state index contributed by atoms with van der Waals surface area (Å²) in [5.41, 5.74) is 6.32. The molecule has 1 heteroatoms. The molecular formula is C18H26Hf. The number of allylic oxidation sites excluding steroid dienone is 8. The number of hydrogen-bond acceptors (Lipinski definition) is 0. The monoisotopic (exact) mass is 422 g/mol. The Balaban J connectivity index is 2.28. The molecule has 2 aliphatic rings. The first kappa shape index (κ1) is 15.2. The minimum atomic E-state index is -0.890. The van der Waals surface area contributed by atoms with Crippen LogP contribution in [0.4, 0.5) is 0 Å². The van der Waals surface area contributed by atoms with Gasteiger partial charge in [0.15, 0.2) is 0 Å². The molecular weight excluding hydrogens is 395 g/mol. The van der Waals surface area contributed by atoms with Crippen LogP contribution in [0.2, 0.25) is 6.34 Å². The van der Waals surface area contributed by atoms with E-state index in [0.717, 1.165) is 0 Å². The maximum atomic E-state index is 2.59. The van der Waals surface area contributed by atoms with Gasteiger partial charge in [-0.2, -0.15) is 0 Å². The van der Waals surface area contributed by atoms with Gasteiger partial charge in [0.1, 0.15) is 0 Å². The van der Waals surface area contributed by atoms with Crippen LogP contribution >= 0.6 is 0 Å². The van der Waals surface area contributed by atoms with Crippen molar-refractivity contribution >= 4 is 0 Å². The molecule has 0 saturated heterocycles. The quantitative estimate of drug-likeness (QED) is 0.488. The van der Waals surface area contributed by atoms with E-state index in [4.69, 9.17) is 0 Å². The van der Waals surface area contributed by atoms with E-state index in [0.29, 0.717) is 6.34 Å². The molecule has 0 bridgehead atoms. The van der Waals surface area contributed by atoms with Gasteiger partial charge in [-0.15, -0.1) is 0 Å². The SMILES string of the molecule is CCC1=C[C](C)([Hf][C]2(C)C=C(CC)C=C2C)C(C)=C1. The van der Waals surface area contributed by atoms with Crippen molar-refractivity contribution in [1.29, 1.82) is 0 Å². The average molecular weight is 421 g/mol. The van der Waals surface area contributed by atoms with Crippen molar-refractivity contribution in [3.8, 4) is 0 Å². The number of hydrogen-bond donors (Lipinski definition) is 0. The zero-order valence-electron chi connectivity index (χ0n) is 13.2. The van der Waals surface area contributed by atoms with E-state index in [-0.39, 0.29) is 0 Å². The molecule has 2 rings (SSSR count). The first-order chi connectivity index (χ1) is 8.83. The minimum absolute atomic E-state index is 0.425. The summed E-state index contributed by atoms with van der Waals surface area (Å²) in [6, 6.07) is 0. The summed E-state index contributed by atoms with van der Waals surface area (Å²) in [5.74, 6) is 0. The van der Waals surface area contributed by atoms with E-state index >= 15 is 0 Å². The summed E-state index contributed by atoms with van der Waals surface area (Å²) >= 11 is -0.890. The van der Waals surface area contributed by atoms with E-state index in [2.05, 4.69) is 65.8 Å². The predicted octanol–water partition coefficient (Wildman–Crippen LogP) is 6.02. The van der Waals surface area contributed by atoms with E-state index in [1.807, 2.05) is 0 Å². The van der Waals surface area contributed by atoms with E-state index in [1.165, 1.54) is 12.8 Å². The molecule has 0 N–H and O–H groups in total. The first-order valence-corrected chi connectivity index (χ1v) is 11.0. The zero-order valence-corrected chi connectivity index (χ0v) is 16.8. The Hall–Kier alpha value is -0.170. The van der Waals surface area contributed by atoms with Gasteiger partial charge in [0.25, 0.3) is 0 Å². The molecule has 0 nitrogen and oxygen atoms in total. The molecule has 2 aliphatic carbocycles. The molecule has 2 atom stereocenters. The second kappa shape index (κ2) is 5.31. The normalized spacial score (nSPS) is 33.8. The molecule has 2 unspecified atom stereocenters. The molecule has 0 radical (unpaired) electrons. The fraction of sp³-hybridized carbons (Fsp3) is 0.556. The summed E-state index contributed by atoms with van der Waals surface area (Å²) in [5, 5.41) is 0. The third kappa shape index (κ3) is 2.82. The summed E-state index contributed by atoms with van der Waals surface area (Å²) in [6.45, 7) is 14.2. The van der Waals surface area contributed by atoms with Gasteiger partial charge in [-0.3, -0.25) is 0 Å². The summed E-state index contributed by atoms with van der Waals surface area (Å²) < 4.78 is 0.851. The third-order valence-electron chi connectivity index (χ3n) is 4.73. The van der Waals surface area contributed by atoms with Crippen molar-refractivity contribution in [3.05, 3.63) is 46.6 Å². The van der Waals surface area contributed by atoms with E-state index < -0.39 is 22.9 Å². The van der Waals surface area contributed by atoms with Gasteiger partial charge in [-0.05, 0) is 0 Å². The first-order valence-electron chi connectivity index (χ1n) is 7.43. The van der Waals surface area contributed by atoms with Crippen LogP contribution in [0, 0.1) is 0 Å². The van der Waals surface area contributed by atoms with Crippen LogP contribution in [-0.4, -0.2) is 0 Å². The second-order valence-electron chi connectivity index (χ2n) is 6.33. The second-order valence-corrected chi connectivity index (χ2v) is 14.7. The van der Waals surface area contributed by atoms with Crippen molar-refractivity contribution in [3.63, 3.8) is 0 Å². The van der Waals surface area contributed by atoms with Crippen LogP contribution in [0.15, 0.2) is 46.6 Å². The van der Waals surface area contributed by atoms with Gasteiger partial charge >= 0.3 is 130 Å². The Morgan fingerprint density at radius 3 is 1.47 bits per heavy atom. The molecule has 0 saturated carbocycles. The van der Waals surface area contributed by atoms with Gasteiger partial charge < -0.3 is 0 Å². The Kier molecular flexibility index (Phi) is 4.26. The topological polar surface area (TPSA) is 0 Å². The number of rotatable bonds is 4. The summed E-state index contributed by atoms with van der Waals surface area (Å²) in [6.07, 6.45) is 12.4. The summed E-state index contributed by atoms with van der Waals surface area (Å²) in [7, 11) is 0. The van der Waals surface area contributed by atoms with Gasteiger partial charge in [0.2, 0.25) is 0 Å². The van der Waals surface area contributed by atoms with Crippen molar-refractivity contribution in [1.82, 2.24) is 0 Å². The van der Waals surface area contributed by atoms with Crippen molar-refractivity contribution in [2.45, 2.75) is 60.7 Å². The predicted molar refractivity (Wildman–Crippen MR) is 81.0 cm³/mol. The molecule has 0 aromatic heterocycles. The molecule has 19 heavy (non-hydrogen) atoms. The molecule has 0 aromatic rings. The molecule has 0 heterocycles. The van der Waals surface area contributed by atoms with E-state index in [9.17, 15) is 0 Å². The Labute approximate surface area is 130 Å². The summed E-state index contributed by atoms with van der Waals surface area (Å²) in [4.78, 5) is 0. The fourth-order valence-electron chi connectivity index (χ4n) is 3.13. The molecule has 0 spiro atoms. The van der Waals surface area contributed by atoms with Crippen molar-refractivity contribution in [2.24, 2.45) is 0 Å². The van der Waals surface area contributed by atoms with Crippen LogP contribution in [0.25, 0.3) is 0 Å². The Morgan fingerprint density at radius 2 is 1.21 bits per heavy atom. The van der Waals surface area contributed by atoms with Crippen LogP contribution < -0.4 is 0 Å². The van der Waals surface area contributed by atoms with Crippen molar-refractivity contribution in [2.75, 3.05) is 0 Å². The van der Waals surface area contributed by atoms with Gasteiger partial charge in [-0.1, -0.05) is 0 Å².